The number of fused-ring (bicyclic) bond motifs is 6. The third-order valence-electron chi connectivity index (χ3n) is 7.06. The van der Waals surface area contributed by atoms with Gasteiger partial charge >= 0.3 is 5.97 Å². The Morgan fingerprint density at radius 1 is 1.15 bits per heavy atom. The van der Waals surface area contributed by atoms with Crippen LogP contribution >= 0.6 is 0 Å². The summed E-state index contributed by atoms with van der Waals surface area (Å²) in [5.74, 6) is 0.533. The maximum absolute atomic E-state index is 13.5. The molecule has 34 heavy (non-hydrogen) atoms. The average Bonchev–Trinajstić information content (AvgIpc) is 3.01. The summed E-state index contributed by atoms with van der Waals surface area (Å²) < 4.78 is 18.5. The SMILES string of the molecule is CC[C@@]1(O)C(=O)OCc2c1cc1n(c2=O)Cc2c-1nc1cc3c(cc1c2[C@H](C)N)OCCCO3. The van der Waals surface area contributed by atoms with E-state index < -0.39 is 11.6 Å². The van der Waals surface area contributed by atoms with Crippen molar-refractivity contribution in [3.8, 4) is 22.9 Å². The molecule has 0 amide bonds. The largest absolute Gasteiger partial charge is 0.490 e. The van der Waals surface area contributed by atoms with Gasteiger partial charge in [0.15, 0.2) is 17.1 Å². The number of cyclic esters (lactones) is 1. The zero-order valence-corrected chi connectivity index (χ0v) is 19.0. The lowest BCUT2D eigenvalue weighted by Crippen LogP contribution is -2.44. The van der Waals surface area contributed by atoms with Crippen molar-refractivity contribution in [2.45, 2.75) is 51.5 Å². The quantitative estimate of drug-likeness (QED) is 0.434. The number of nitrogens with zero attached hydrogens (tertiary/aromatic N) is 2. The van der Waals surface area contributed by atoms with E-state index in [9.17, 15) is 14.7 Å². The number of hydrogen-bond donors (Lipinski definition) is 2. The van der Waals surface area contributed by atoms with Gasteiger partial charge in [-0.1, -0.05) is 6.92 Å². The van der Waals surface area contributed by atoms with Crippen molar-refractivity contribution < 1.29 is 24.1 Å². The molecule has 3 N–H and O–H groups in total. The molecule has 0 fully saturated rings. The third kappa shape index (κ3) is 2.77. The van der Waals surface area contributed by atoms with Crippen LogP contribution in [0, 0.1) is 0 Å². The van der Waals surface area contributed by atoms with Crippen LogP contribution < -0.4 is 20.8 Å². The second kappa shape index (κ2) is 7.28. The number of carbonyl (C=O) groups excluding carboxylic acids is 1. The molecule has 9 heteroatoms. The molecular formula is C25H25N3O6. The predicted molar refractivity (Wildman–Crippen MR) is 123 cm³/mol. The van der Waals surface area contributed by atoms with E-state index in [1.807, 2.05) is 19.1 Å². The molecule has 0 bridgehead atoms. The van der Waals surface area contributed by atoms with E-state index in [0.717, 1.165) is 22.9 Å². The summed E-state index contributed by atoms with van der Waals surface area (Å²) in [5.41, 5.74) is 8.45. The minimum absolute atomic E-state index is 0.0916. The summed E-state index contributed by atoms with van der Waals surface area (Å²) in [6.45, 7) is 4.84. The fourth-order valence-electron chi connectivity index (χ4n) is 5.29. The van der Waals surface area contributed by atoms with Gasteiger partial charge in [-0.25, -0.2) is 9.78 Å². The Morgan fingerprint density at radius 2 is 1.88 bits per heavy atom. The zero-order chi connectivity index (χ0) is 23.8. The van der Waals surface area contributed by atoms with Crippen LogP contribution in [0.15, 0.2) is 23.0 Å². The number of benzene rings is 1. The molecule has 3 aromatic rings. The number of nitrogens with two attached hydrogens (primary N) is 1. The van der Waals surface area contributed by atoms with Crippen LogP contribution in [0.1, 0.15) is 55.0 Å². The molecule has 9 nitrogen and oxygen atoms in total. The summed E-state index contributed by atoms with van der Waals surface area (Å²) >= 11 is 0. The number of rotatable bonds is 2. The van der Waals surface area contributed by atoms with Gasteiger partial charge in [0.1, 0.15) is 6.61 Å². The second-order valence-corrected chi connectivity index (χ2v) is 9.11. The van der Waals surface area contributed by atoms with Gasteiger partial charge in [-0.15, -0.1) is 0 Å². The van der Waals surface area contributed by atoms with Crippen LogP contribution in [0.2, 0.25) is 0 Å². The second-order valence-electron chi connectivity index (χ2n) is 9.11. The molecule has 0 saturated carbocycles. The first-order chi connectivity index (χ1) is 16.3. The normalized spacial score (nSPS) is 21.4. The maximum Gasteiger partial charge on any atom is 0.343 e. The van der Waals surface area contributed by atoms with Crippen LogP contribution in [-0.4, -0.2) is 33.8 Å². The van der Waals surface area contributed by atoms with Crippen LogP contribution in [0.5, 0.6) is 11.5 Å². The molecule has 3 aliphatic rings. The Morgan fingerprint density at radius 3 is 2.59 bits per heavy atom. The summed E-state index contributed by atoms with van der Waals surface area (Å²) in [5, 5.41) is 11.9. The Labute approximate surface area is 195 Å². The number of esters is 1. The van der Waals surface area contributed by atoms with Crippen molar-refractivity contribution in [2.75, 3.05) is 13.2 Å². The average molecular weight is 463 g/mol. The van der Waals surface area contributed by atoms with Crippen LogP contribution in [0.25, 0.3) is 22.3 Å². The summed E-state index contributed by atoms with van der Waals surface area (Å²) in [7, 11) is 0. The van der Waals surface area contributed by atoms with E-state index in [2.05, 4.69) is 0 Å². The maximum atomic E-state index is 13.5. The number of ether oxygens (including phenoxy) is 3. The van der Waals surface area contributed by atoms with Gasteiger partial charge in [-0.3, -0.25) is 4.79 Å². The first kappa shape index (κ1) is 21.1. The van der Waals surface area contributed by atoms with Crippen molar-refractivity contribution in [2.24, 2.45) is 5.73 Å². The lowest BCUT2D eigenvalue weighted by molar-refractivity contribution is -0.172. The fraction of sp³-hybridized carbons (Fsp3) is 0.400. The van der Waals surface area contributed by atoms with Crippen LogP contribution in [0.3, 0.4) is 0 Å². The first-order valence-electron chi connectivity index (χ1n) is 11.5. The monoisotopic (exact) mass is 463 g/mol. The van der Waals surface area contributed by atoms with E-state index in [4.69, 9.17) is 24.9 Å². The van der Waals surface area contributed by atoms with Gasteiger partial charge in [-0.2, -0.15) is 0 Å². The number of aliphatic hydroxyl groups is 1. The van der Waals surface area contributed by atoms with Crippen molar-refractivity contribution in [3.05, 3.63) is 50.8 Å². The molecule has 2 atom stereocenters. The standard InChI is InChI=1S/C25H25N3O6/c1-3-25(31)16-8-18-22-14(10-28(18)23(29)15(16)11-34-24(25)30)21(12(2)26)13-7-19-20(9-17(13)27-22)33-6-4-5-32-19/h7-9,12,31H,3-6,10-11,26H2,1-2H3/t12-,25-/m0/s1. The molecule has 0 spiro atoms. The van der Waals surface area contributed by atoms with E-state index in [1.54, 1.807) is 17.6 Å². The molecule has 0 unspecified atom stereocenters. The molecule has 176 valence electrons. The lowest BCUT2D eigenvalue weighted by atomic mass is 9.86. The van der Waals surface area contributed by atoms with Crippen molar-refractivity contribution in [1.29, 1.82) is 0 Å². The molecule has 3 aliphatic heterocycles. The smallest absolute Gasteiger partial charge is 0.343 e. The molecule has 6 rings (SSSR count). The van der Waals surface area contributed by atoms with Crippen molar-refractivity contribution in [3.63, 3.8) is 0 Å². The van der Waals surface area contributed by atoms with Gasteiger partial charge in [0.2, 0.25) is 0 Å². The highest BCUT2D eigenvalue weighted by Crippen LogP contribution is 2.43. The Hall–Kier alpha value is -3.43. The summed E-state index contributed by atoms with van der Waals surface area (Å²) in [6.07, 6.45) is 0.883. The van der Waals surface area contributed by atoms with E-state index in [0.29, 0.717) is 59.3 Å². The summed E-state index contributed by atoms with van der Waals surface area (Å²) in [6, 6.07) is 5.14. The van der Waals surface area contributed by atoms with Gasteiger partial charge in [-0.05, 0) is 31.0 Å². The molecule has 0 saturated heterocycles. The Bertz CT molecular complexity index is 1440. The van der Waals surface area contributed by atoms with Gasteiger partial charge in [0.05, 0.1) is 42.2 Å². The predicted octanol–water partition coefficient (Wildman–Crippen LogP) is 2.26. The third-order valence-corrected chi connectivity index (χ3v) is 7.06. The highest BCUT2D eigenvalue weighted by atomic mass is 16.6. The molecule has 0 radical (unpaired) electrons. The van der Waals surface area contributed by atoms with Gasteiger partial charge < -0.3 is 29.6 Å². The van der Waals surface area contributed by atoms with E-state index in [1.165, 1.54) is 0 Å². The van der Waals surface area contributed by atoms with E-state index >= 15 is 0 Å². The Kier molecular flexibility index (Phi) is 4.53. The van der Waals surface area contributed by atoms with E-state index in [-0.39, 0.29) is 24.6 Å². The number of aromatic nitrogens is 2. The number of hydrogen-bond acceptors (Lipinski definition) is 8. The lowest BCUT2D eigenvalue weighted by Gasteiger charge is -2.31. The highest BCUT2D eigenvalue weighted by Gasteiger charge is 2.45. The van der Waals surface area contributed by atoms with Crippen LogP contribution in [-0.2, 0) is 28.3 Å². The minimum Gasteiger partial charge on any atom is -0.490 e. The summed E-state index contributed by atoms with van der Waals surface area (Å²) in [4.78, 5) is 30.8. The highest BCUT2D eigenvalue weighted by molar-refractivity contribution is 5.91. The molecule has 0 aliphatic carbocycles. The molecule has 1 aromatic carbocycles. The number of pyridine rings is 2. The molecule has 5 heterocycles. The zero-order valence-electron chi connectivity index (χ0n) is 19.0. The van der Waals surface area contributed by atoms with Crippen molar-refractivity contribution in [1.82, 2.24) is 9.55 Å². The van der Waals surface area contributed by atoms with Gasteiger partial charge in [0, 0.05) is 35.0 Å². The Balaban J connectivity index is 1.64. The molecule has 2 aromatic heterocycles. The van der Waals surface area contributed by atoms with Gasteiger partial charge in [0.25, 0.3) is 5.56 Å². The topological polar surface area (TPSA) is 126 Å². The van der Waals surface area contributed by atoms with Crippen molar-refractivity contribution >= 4 is 16.9 Å². The minimum atomic E-state index is -1.87. The van der Waals surface area contributed by atoms with Crippen LogP contribution in [0.4, 0.5) is 0 Å². The molecular weight excluding hydrogens is 438 g/mol. The first-order valence-corrected chi connectivity index (χ1v) is 11.5. The number of carbonyl (C=O) groups is 1. The fourth-order valence-corrected chi connectivity index (χ4v) is 5.29.